The van der Waals surface area contributed by atoms with Crippen molar-refractivity contribution >= 4 is 5.78 Å². The van der Waals surface area contributed by atoms with Crippen LogP contribution < -0.4 is 0 Å². The smallest absolute Gasteiger partial charge is 0.226 e. The van der Waals surface area contributed by atoms with Crippen LogP contribution >= 0.6 is 0 Å². The Labute approximate surface area is 99.3 Å². The van der Waals surface area contributed by atoms with Crippen molar-refractivity contribution in [1.82, 2.24) is 0 Å². The van der Waals surface area contributed by atoms with Gasteiger partial charge in [-0.05, 0) is 32.1 Å². The average Bonchev–Trinajstić information content (AvgIpc) is 2.12. The lowest BCUT2D eigenvalue weighted by molar-refractivity contribution is -0.594. The summed E-state index contributed by atoms with van der Waals surface area (Å²) in [6.07, 6.45) is 2.91. The molecule has 0 aromatic carbocycles. The van der Waals surface area contributed by atoms with Gasteiger partial charge in [0.15, 0.2) is 0 Å². The van der Waals surface area contributed by atoms with Crippen molar-refractivity contribution in [2.45, 2.75) is 56.6 Å². The number of carbonyl (C=O) groups excluding carboxylic acids is 1. The maximum Gasteiger partial charge on any atom is 0.226 e. The molecule has 94 valence electrons. The van der Waals surface area contributed by atoms with Crippen molar-refractivity contribution in [3.63, 3.8) is 0 Å². The Kier molecular flexibility index (Phi) is 1.89. The number of nitrogens with zero attached hydrogens (tertiary/aromatic N) is 1. The molecule has 0 aromatic rings. The Balaban J connectivity index is 2.09. The van der Waals surface area contributed by atoms with Gasteiger partial charge in [0, 0.05) is 29.6 Å². The fourth-order valence-corrected chi connectivity index (χ4v) is 4.93. The number of nitro groups is 1. The van der Waals surface area contributed by atoms with Gasteiger partial charge in [0.2, 0.25) is 5.54 Å². The zero-order valence-electron chi connectivity index (χ0n) is 9.94. The fraction of sp³-hybridized carbons (Fsp3) is 0.917. The summed E-state index contributed by atoms with van der Waals surface area (Å²) in [4.78, 5) is 23.0. The van der Waals surface area contributed by atoms with Gasteiger partial charge in [0.05, 0.1) is 5.60 Å². The molecule has 5 heteroatoms. The van der Waals surface area contributed by atoms with Gasteiger partial charge in [0.1, 0.15) is 5.78 Å². The van der Waals surface area contributed by atoms with E-state index in [0.717, 1.165) is 6.42 Å². The van der Waals surface area contributed by atoms with Gasteiger partial charge in [-0.1, -0.05) is 0 Å². The number of rotatable bonds is 2. The maximum atomic E-state index is 11.9. The minimum absolute atomic E-state index is 0.0197. The Morgan fingerprint density at radius 1 is 1.29 bits per heavy atom. The lowest BCUT2D eigenvalue weighted by atomic mass is 9.44. The van der Waals surface area contributed by atoms with Gasteiger partial charge in [-0.15, -0.1) is 0 Å². The summed E-state index contributed by atoms with van der Waals surface area (Å²) < 4.78 is 0. The van der Waals surface area contributed by atoms with Crippen LogP contribution in [0.15, 0.2) is 0 Å². The highest BCUT2D eigenvalue weighted by Gasteiger charge is 2.69. The molecule has 0 heterocycles. The van der Waals surface area contributed by atoms with Gasteiger partial charge >= 0.3 is 0 Å². The number of ketones is 1. The normalized spacial score (nSPS) is 51.5. The summed E-state index contributed by atoms with van der Waals surface area (Å²) in [5.74, 6) is 0.164. The number of carbonyl (C=O) groups is 1. The van der Waals surface area contributed by atoms with Crippen LogP contribution in [-0.2, 0) is 4.79 Å². The minimum Gasteiger partial charge on any atom is -0.390 e. The van der Waals surface area contributed by atoms with Crippen molar-refractivity contribution in [2.75, 3.05) is 0 Å². The van der Waals surface area contributed by atoms with Gasteiger partial charge in [-0.25, -0.2) is 0 Å². The molecule has 0 amide bonds. The van der Waals surface area contributed by atoms with E-state index in [-0.39, 0.29) is 23.0 Å². The van der Waals surface area contributed by atoms with Crippen molar-refractivity contribution in [3.05, 3.63) is 10.1 Å². The molecule has 4 aliphatic carbocycles. The lowest BCUT2D eigenvalue weighted by Gasteiger charge is -2.60. The molecule has 4 atom stereocenters. The minimum atomic E-state index is -1.04. The van der Waals surface area contributed by atoms with Crippen LogP contribution in [0, 0.1) is 21.4 Å². The molecule has 4 fully saturated rings. The molecule has 4 saturated carbocycles. The summed E-state index contributed by atoms with van der Waals surface area (Å²) >= 11 is 0. The van der Waals surface area contributed by atoms with Crippen LogP contribution in [0.3, 0.4) is 0 Å². The molecular weight excluding hydrogens is 222 g/mol. The molecule has 0 saturated heterocycles. The molecule has 0 spiro atoms. The Morgan fingerprint density at radius 3 is 2.53 bits per heavy atom. The second kappa shape index (κ2) is 2.88. The van der Waals surface area contributed by atoms with Crippen LogP contribution in [0.5, 0.6) is 0 Å². The average molecular weight is 239 g/mol. The highest BCUT2D eigenvalue weighted by atomic mass is 16.6. The largest absolute Gasteiger partial charge is 0.390 e. The second-order valence-electron chi connectivity index (χ2n) is 6.55. The first-order valence-corrected chi connectivity index (χ1v) is 6.17. The summed E-state index contributed by atoms with van der Waals surface area (Å²) in [7, 11) is 0. The van der Waals surface area contributed by atoms with E-state index in [1.807, 2.05) is 0 Å². The third-order valence-electron chi connectivity index (χ3n) is 5.14. The van der Waals surface area contributed by atoms with Crippen molar-refractivity contribution in [1.29, 1.82) is 0 Å². The SMILES string of the molecule is CC(=O)C12CC3CC(O)(C1)CC([N+](=O)[O-])(C3)C2. The van der Waals surface area contributed by atoms with Gasteiger partial charge < -0.3 is 5.11 Å². The molecule has 0 radical (unpaired) electrons. The van der Waals surface area contributed by atoms with Crippen molar-refractivity contribution in [2.24, 2.45) is 11.3 Å². The summed E-state index contributed by atoms with van der Waals surface area (Å²) in [5, 5.41) is 21.8. The molecule has 4 rings (SSSR count). The Hall–Kier alpha value is -0.970. The quantitative estimate of drug-likeness (QED) is 0.582. The second-order valence-corrected chi connectivity index (χ2v) is 6.55. The molecule has 4 bridgehead atoms. The Morgan fingerprint density at radius 2 is 2.00 bits per heavy atom. The summed E-state index contributed by atoms with van der Waals surface area (Å²) in [5.41, 5.74) is -2.64. The molecule has 1 N–H and O–H groups in total. The van der Waals surface area contributed by atoms with E-state index in [0.29, 0.717) is 25.7 Å². The molecule has 4 unspecified atom stereocenters. The van der Waals surface area contributed by atoms with Crippen LogP contribution in [-0.4, -0.2) is 27.0 Å². The van der Waals surface area contributed by atoms with Crippen molar-refractivity contribution < 1.29 is 14.8 Å². The van der Waals surface area contributed by atoms with E-state index in [1.165, 1.54) is 6.92 Å². The highest BCUT2D eigenvalue weighted by molar-refractivity contribution is 5.83. The monoisotopic (exact) mass is 239 g/mol. The van der Waals surface area contributed by atoms with Gasteiger partial charge in [-0.3, -0.25) is 14.9 Å². The molecule has 4 aliphatic rings. The number of Topliss-reactive ketones (excluding diaryl/α,β-unsaturated/α-hetero) is 1. The predicted octanol–water partition coefficient (Wildman–Crippen LogP) is 1.31. The topological polar surface area (TPSA) is 80.4 Å². The number of hydrogen-bond acceptors (Lipinski definition) is 4. The highest BCUT2D eigenvalue weighted by Crippen LogP contribution is 2.64. The third kappa shape index (κ3) is 1.32. The maximum absolute atomic E-state index is 11.9. The van der Waals surface area contributed by atoms with Crippen LogP contribution in [0.2, 0.25) is 0 Å². The zero-order valence-corrected chi connectivity index (χ0v) is 9.94. The first-order chi connectivity index (χ1) is 7.79. The van der Waals surface area contributed by atoms with E-state index in [2.05, 4.69) is 0 Å². The summed E-state index contributed by atoms with van der Waals surface area (Å²) in [6.45, 7) is 1.52. The number of aliphatic hydroxyl groups is 1. The van der Waals surface area contributed by atoms with E-state index >= 15 is 0 Å². The van der Waals surface area contributed by atoms with Crippen LogP contribution in [0.25, 0.3) is 0 Å². The molecule has 0 aliphatic heterocycles. The molecular formula is C12H17NO4. The van der Waals surface area contributed by atoms with Crippen LogP contribution in [0.1, 0.15) is 45.4 Å². The molecule has 0 aromatic heterocycles. The summed E-state index contributed by atoms with van der Waals surface area (Å²) in [6, 6.07) is 0. The Bertz CT molecular complexity index is 389. The fourth-order valence-electron chi connectivity index (χ4n) is 4.93. The van der Waals surface area contributed by atoms with E-state index < -0.39 is 16.6 Å². The zero-order chi connectivity index (χ0) is 12.5. The first kappa shape index (κ1) is 11.1. The van der Waals surface area contributed by atoms with E-state index in [1.54, 1.807) is 0 Å². The molecule has 17 heavy (non-hydrogen) atoms. The standard InChI is InChI=1S/C12H17NO4/c1-8(14)10-2-9-3-11(5-10,13(16)17)7-12(15,4-9)6-10/h9,15H,2-7H2,1H3. The van der Waals surface area contributed by atoms with Gasteiger partial charge in [-0.2, -0.15) is 0 Å². The number of hydrogen-bond donors (Lipinski definition) is 1. The lowest BCUT2D eigenvalue weighted by Crippen LogP contribution is -2.67. The van der Waals surface area contributed by atoms with E-state index in [4.69, 9.17) is 0 Å². The van der Waals surface area contributed by atoms with Crippen LogP contribution in [0.4, 0.5) is 0 Å². The predicted molar refractivity (Wildman–Crippen MR) is 59.0 cm³/mol. The van der Waals surface area contributed by atoms with Crippen molar-refractivity contribution in [3.8, 4) is 0 Å². The first-order valence-electron chi connectivity index (χ1n) is 6.17. The third-order valence-corrected chi connectivity index (χ3v) is 5.14. The van der Waals surface area contributed by atoms with Gasteiger partial charge in [0.25, 0.3) is 0 Å². The van der Waals surface area contributed by atoms with E-state index in [9.17, 15) is 20.0 Å². The molecule has 5 nitrogen and oxygen atoms in total.